The van der Waals surface area contributed by atoms with E-state index in [1.165, 1.54) is 12.1 Å². The molecule has 0 radical (unpaired) electrons. The first-order valence-corrected chi connectivity index (χ1v) is 8.39. The Kier molecular flexibility index (Phi) is 4.71. The number of nitrogens with zero attached hydrogens (tertiary/aromatic N) is 1. The molecule has 0 spiro atoms. The maximum absolute atomic E-state index is 13.1. The van der Waals surface area contributed by atoms with Crippen LogP contribution in [-0.4, -0.2) is 27.7 Å². The second-order valence-corrected chi connectivity index (χ2v) is 6.58. The third-order valence-electron chi connectivity index (χ3n) is 4.79. The van der Waals surface area contributed by atoms with Gasteiger partial charge in [0.2, 0.25) is 0 Å². The van der Waals surface area contributed by atoms with Crippen molar-refractivity contribution in [2.24, 2.45) is 0 Å². The second-order valence-electron chi connectivity index (χ2n) is 6.58. The Bertz CT molecular complexity index is 729. The first kappa shape index (κ1) is 16.7. The van der Waals surface area contributed by atoms with Gasteiger partial charge >= 0.3 is 0 Å². The number of aromatic nitrogens is 1. The number of aliphatic hydroxyl groups is 1. The number of halogens is 1. The molecule has 1 saturated carbocycles. The molecule has 1 amide bonds. The van der Waals surface area contributed by atoms with Crippen molar-refractivity contribution in [1.29, 1.82) is 0 Å². The molecule has 5 heteroatoms. The van der Waals surface area contributed by atoms with E-state index in [-0.39, 0.29) is 23.9 Å². The fourth-order valence-corrected chi connectivity index (χ4v) is 3.46. The molecule has 1 aromatic heterocycles. The third-order valence-corrected chi connectivity index (χ3v) is 4.79. The molecule has 0 aliphatic heterocycles. The standard InChI is InChI=1S/C19H23FN2O2/c1-12-11-18(19(24)21-15-5-9-17(23)10-6-15)13(2)22(12)16-7-3-14(20)4-8-16/h3-4,7-8,11,15,17,23H,5-6,9-10H2,1-2H3,(H,21,24). The molecule has 4 nitrogen and oxygen atoms in total. The summed E-state index contributed by atoms with van der Waals surface area (Å²) in [5, 5.41) is 12.6. The number of carbonyl (C=O) groups excluding carboxylic acids is 1. The van der Waals surface area contributed by atoms with Gasteiger partial charge in [0, 0.05) is 23.1 Å². The number of hydrogen-bond acceptors (Lipinski definition) is 2. The minimum Gasteiger partial charge on any atom is -0.393 e. The Morgan fingerprint density at radius 3 is 2.42 bits per heavy atom. The van der Waals surface area contributed by atoms with Gasteiger partial charge in [-0.25, -0.2) is 4.39 Å². The lowest BCUT2D eigenvalue weighted by Crippen LogP contribution is -2.38. The number of nitrogens with one attached hydrogen (secondary N) is 1. The SMILES string of the molecule is Cc1cc(C(=O)NC2CCC(O)CC2)c(C)n1-c1ccc(F)cc1. The van der Waals surface area contributed by atoms with Crippen LogP contribution >= 0.6 is 0 Å². The van der Waals surface area contributed by atoms with Gasteiger partial charge in [-0.2, -0.15) is 0 Å². The smallest absolute Gasteiger partial charge is 0.253 e. The minimum absolute atomic E-state index is 0.0853. The molecule has 0 bridgehead atoms. The molecule has 1 fully saturated rings. The van der Waals surface area contributed by atoms with E-state index in [9.17, 15) is 14.3 Å². The first-order chi connectivity index (χ1) is 11.5. The van der Waals surface area contributed by atoms with Crippen LogP contribution in [-0.2, 0) is 0 Å². The van der Waals surface area contributed by atoms with Crippen LogP contribution in [0.5, 0.6) is 0 Å². The van der Waals surface area contributed by atoms with E-state index in [2.05, 4.69) is 5.32 Å². The quantitative estimate of drug-likeness (QED) is 0.907. The van der Waals surface area contributed by atoms with Crippen LogP contribution in [0.25, 0.3) is 5.69 Å². The van der Waals surface area contributed by atoms with E-state index in [1.54, 1.807) is 12.1 Å². The summed E-state index contributed by atoms with van der Waals surface area (Å²) >= 11 is 0. The van der Waals surface area contributed by atoms with E-state index < -0.39 is 0 Å². The lowest BCUT2D eigenvalue weighted by Gasteiger charge is -2.26. The fourth-order valence-electron chi connectivity index (χ4n) is 3.46. The van der Waals surface area contributed by atoms with Crippen molar-refractivity contribution >= 4 is 5.91 Å². The molecular weight excluding hydrogens is 307 g/mol. The van der Waals surface area contributed by atoms with Crippen molar-refractivity contribution in [3.8, 4) is 5.69 Å². The van der Waals surface area contributed by atoms with Crippen LogP contribution in [0, 0.1) is 19.7 Å². The zero-order valence-corrected chi connectivity index (χ0v) is 14.1. The summed E-state index contributed by atoms with van der Waals surface area (Å²) in [4.78, 5) is 12.6. The van der Waals surface area contributed by atoms with Crippen molar-refractivity contribution in [3.05, 3.63) is 53.1 Å². The van der Waals surface area contributed by atoms with E-state index >= 15 is 0 Å². The van der Waals surface area contributed by atoms with E-state index in [0.29, 0.717) is 5.56 Å². The lowest BCUT2D eigenvalue weighted by atomic mass is 9.93. The Morgan fingerprint density at radius 2 is 1.79 bits per heavy atom. The number of amides is 1. The van der Waals surface area contributed by atoms with Crippen LogP contribution in [0.2, 0.25) is 0 Å². The zero-order valence-electron chi connectivity index (χ0n) is 14.1. The first-order valence-electron chi connectivity index (χ1n) is 8.39. The van der Waals surface area contributed by atoms with Crippen LogP contribution < -0.4 is 5.32 Å². The average molecular weight is 330 g/mol. The molecule has 0 atom stereocenters. The Labute approximate surface area is 141 Å². The summed E-state index contributed by atoms with van der Waals surface area (Å²) in [6.45, 7) is 3.83. The molecule has 24 heavy (non-hydrogen) atoms. The molecule has 1 aliphatic rings. The Balaban J connectivity index is 1.80. The summed E-state index contributed by atoms with van der Waals surface area (Å²) in [5.74, 6) is -0.364. The van der Waals surface area contributed by atoms with Crippen LogP contribution in [0.15, 0.2) is 30.3 Å². The Morgan fingerprint density at radius 1 is 1.17 bits per heavy atom. The van der Waals surface area contributed by atoms with Gasteiger partial charge in [0.15, 0.2) is 0 Å². The molecule has 1 heterocycles. The van der Waals surface area contributed by atoms with Gasteiger partial charge in [0.05, 0.1) is 11.7 Å². The largest absolute Gasteiger partial charge is 0.393 e. The summed E-state index contributed by atoms with van der Waals surface area (Å²) < 4.78 is 15.1. The van der Waals surface area contributed by atoms with Gasteiger partial charge < -0.3 is 15.0 Å². The van der Waals surface area contributed by atoms with E-state index in [0.717, 1.165) is 42.8 Å². The highest BCUT2D eigenvalue weighted by Gasteiger charge is 2.23. The molecule has 0 unspecified atom stereocenters. The summed E-state index contributed by atoms with van der Waals surface area (Å²) in [6, 6.07) is 8.24. The van der Waals surface area contributed by atoms with Crippen molar-refractivity contribution in [2.75, 3.05) is 0 Å². The highest BCUT2D eigenvalue weighted by molar-refractivity contribution is 5.96. The number of aryl methyl sites for hydroxylation is 1. The van der Waals surface area contributed by atoms with Crippen molar-refractivity contribution in [1.82, 2.24) is 9.88 Å². The third kappa shape index (κ3) is 3.36. The molecule has 128 valence electrons. The van der Waals surface area contributed by atoms with E-state index in [1.807, 2.05) is 24.5 Å². The van der Waals surface area contributed by atoms with Crippen molar-refractivity contribution < 1.29 is 14.3 Å². The van der Waals surface area contributed by atoms with Gasteiger partial charge in [-0.3, -0.25) is 4.79 Å². The molecule has 2 aromatic rings. The number of hydrogen-bond donors (Lipinski definition) is 2. The summed E-state index contributed by atoms with van der Waals surface area (Å²) in [5.41, 5.74) is 3.25. The van der Waals surface area contributed by atoms with Gasteiger partial charge in [-0.1, -0.05) is 0 Å². The highest BCUT2D eigenvalue weighted by atomic mass is 19.1. The number of aliphatic hydroxyl groups excluding tert-OH is 1. The Hall–Kier alpha value is -2.14. The average Bonchev–Trinajstić information content (AvgIpc) is 2.85. The van der Waals surface area contributed by atoms with Crippen LogP contribution in [0.4, 0.5) is 4.39 Å². The second kappa shape index (κ2) is 6.77. The molecular formula is C19H23FN2O2. The molecule has 3 rings (SSSR count). The molecule has 1 aliphatic carbocycles. The van der Waals surface area contributed by atoms with Crippen molar-refractivity contribution in [3.63, 3.8) is 0 Å². The maximum atomic E-state index is 13.1. The van der Waals surface area contributed by atoms with Gasteiger partial charge in [-0.05, 0) is 69.9 Å². The van der Waals surface area contributed by atoms with Gasteiger partial charge in [0.1, 0.15) is 5.82 Å². The predicted molar refractivity (Wildman–Crippen MR) is 90.9 cm³/mol. The normalized spacial score (nSPS) is 20.8. The summed E-state index contributed by atoms with van der Waals surface area (Å²) in [7, 11) is 0. The molecule has 1 aromatic carbocycles. The van der Waals surface area contributed by atoms with Crippen LogP contribution in [0.1, 0.15) is 47.4 Å². The number of rotatable bonds is 3. The van der Waals surface area contributed by atoms with Crippen LogP contribution in [0.3, 0.4) is 0 Å². The minimum atomic E-state index is -0.279. The van der Waals surface area contributed by atoms with E-state index in [4.69, 9.17) is 0 Å². The molecule has 2 N–H and O–H groups in total. The lowest BCUT2D eigenvalue weighted by molar-refractivity contribution is 0.0867. The maximum Gasteiger partial charge on any atom is 0.253 e. The highest BCUT2D eigenvalue weighted by Crippen LogP contribution is 2.23. The van der Waals surface area contributed by atoms with Crippen molar-refractivity contribution in [2.45, 2.75) is 51.7 Å². The molecule has 0 saturated heterocycles. The monoisotopic (exact) mass is 330 g/mol. The predicted octanol–water partition coefficient (Wildman–Crippen LogP) is 3.27. The van der Waals surface area contributed by atoms with Gasteiger partial charge in [0.25, 0.3) is 5.91 Å². The van der Waals surface area contributed by atoms with Gasteiger partial charge in [-0.15, -0.1) is 0 Å². The zero-order chi connectivity index (χ0) is 17.3. The topological polar surface area (TPSA) is 54.3 Å². The number of carbonyl (C=O) groups is 1. The fraction of sp³-hybridized carbons (Fsp3) is 0.421. The number of benzene rings is 1. The summed E-state index contributed by atoms with van der Waals surface area (Å²) in [6.07, 6.45) is 2.86.